The van der Waals surface area contributed by atoms with E-state index in [4.69, 9.17) is 5.73 Å². The van der Waals surface area contributed by atoms with Crippen molar-refractivity contribution >= 4 is 11.8 Å². The van der Waals surface area contributed by atoms with Crippen molar-refractivity contribution in [2.24, 2.45) is 5.73 Å². The first-order chi connectivity index (χ1) is 9.74. The summed E-state index contributed by atoms with van der Waals surface area (Å²) in [6, 6.07) is 16.1. The number of benzene rings is 1. The van der Waals surface area contributed by atoms with E-state index in [0.717, 1.165) is 17.1 Å². The molecule has 3 nitrogen and oxygen atoms in total. The first-order valence-corrected chi connectivity index (χ1v) is 7.42. The van der Waals surface area contributed by atoms with E-state index in [1.807, 2.05) is 37.3 Å². The van der Waals surface area contributed by atoms with Crippen LogP contribution in [0.15, 0.2) is 47.5 Å². The third-order valence-electron chi connectivity index (χ3n) is 2.97. The van der Waals surface area contributed by atoms with E-state index < -0.39 is 0 Å². The van der Waals surface area contributed by atoms with Crippen LogP contribution in [0, 0.1) is 18.3 Å². The third kappa shape index (κ3) is 3.60. The monoisotopic (exact) mass is 283 g/mol. The van der Waals surface area contributed by atoms with Crippen molar-refractivity contribution < 1.29 is 0 Å². The van der Waals surface area contributed by atoms with Gasteiger partial charge in [0.05, 0.1) is 5.56 Å². The highest BCUT2D eigenvalue weighted by molar-refractivity contribution is 7.99. The Morgan fingerprint density at radius 2 is 2.00 bits per heavy atom. The van der Waals surface area contributed by atoms with Gasteiger partial charge in [-0.15, -0.1) is 0 Å². The molecule has 2 rings (SSSR count). The quantitative estimate of drug-likeness (QED) is 0.854. The summed E-state index contributed by atoms with van der Waals surface area (Å²) in [7, 11) is 0. The van der Waals surface area contributed by atoms with Gasteiger partial charge >= 0.3 is 0 Å². The predicted octanol–water partition coefficient (Wildman–Crippen LogP) is 3.44. The summed E-state index contributed by atoms with van der Waals surface area (Å²) in [6.45, 7) is 2.55. The molecule has 0 aliphatic heterocycles. The molecule has 102 valence electrons. The van der Waals surface area contributed by atoms with Gasteiger partial charge in [-0.2, -0.15) is 5.26 Å². The predicted molar refractivity (Wildman–Crippen MR) is 82.4 cm³/mol. The number of nitrogens with two attached hydrogens (primary N) is 1. The van der Waals surface area contributed by atoms with Gasteiger partial charge in [0.2, 0.25) is 0 Å². The van der Waals surface area contributed by atoms with Crippen molar-refractivity contribution in [1.82, 2.24) is 4.98 Å². The summed E-state index contributed by atoms with van der Waals surface area (Å²) in [6.07, 6.45) is 0.856. The number of nitriles is 1. The summed E-state index contributed by atoms with van der Waals surface area (Å²) in [5.41, 5.74) is 8.49. The van der Waals surface area contributed by atoms with E-state index in [-0.39, 0.29) is 5.25 Å². The van der Waals surface area contributed by atoms with Gasteiger partial charge in [-0.05, 0) is 37.6 Å². The van der Waals surface area contributed by atoms with Gasteiger partial charge in [-0.25, -0.2) is 4.98 Å². The molecule has 0 aliphatic rings. The third-order valence-corrected chi connectivity index (χ3v) is 4.30. The summed E-state index contributed by atoms with van der Waals surface area (Å²) >= 11 is 1.62. The molecule has 20 heavy (non-hydrogen) atoms. The lowest BCUT2D eigenvalue weighted by atomic mass is 10.1. The Labute approximate surface area is 123 Å². The number of hydrogen-bond donors (Lipinski definition) is 1. The maximum Gasteiger partial charge on any atom is 0.115 e. The molecular weight excluding hydrogens is 266 g/mol. The Morgan fingerprint density at radius 3 is 2.65 bits per heavy atom. The average Bonchev–Trinajstić information content (AvgIpc) is 2.48. The number of pyridine rings is 1. The minimum atomic E-state index is 0.225. The SMILES string of the molecule is Cc1ccc(C#N)c(S[C@H](CCN)c2ccccc2)n1. The molecule has 0 aliphatic carbocycles. The average molecular weight is 283 g/mol. The molecule has 2 aromatic rings. The number of aryl methyl sites for hydroxylation is 1. The number of thioether (sulfide) groups is 1. The van der Waals surface area contributed by atoms with Crippen LogP contribution in [0.4, 0.5) is 0 Å². The van der Waals surface area contributed by atoms with Crippen LogP contribution in [0.3, 0.4) is 0 Å². The largest absolute Gasteiger partial charge is 0.330 e. The fourth-order valence-corrected chi connectivity index (χ4v) is 3.21. The van der Waals surface area contributed by atoms with Crippen molar-refractivity contribution in [2.45, 2.75) is 23.6 Å². The van der Waals surface area contributed by atoms with Gasteiger partial charge in [0, 0.05) is 10.9 Å². The van der Waals surface area contributed by atoms with Crippen molar-refractivity contribution in [2.75, 3.05) is 6.54 Å². The van der Waals surface area contributed by atoms with E-state index in [9.17, 15) is 5.26 Å². The van der Waals surface area contributed by atoms with Gasteiger partial charge in [-0.1, -0.05) is 42.1 Å². The van der Waals surface area contributed by atoms with Crippen molar-refractivity contribution in [3.63, 3.8) is 0 Å². The van der Waals surface area contributed by atoms with E-state index in [0.29, 0.717) is 12.1 Å². The maximum absolute atomic E-state index is 9.19. The van der Waals surface area contributed by atoms with Crippen LogP contribution in [0.5, 0.6) is 0 Å². The molecule has 0 amide bonds. The van der Waals surface area contributed by atoms with Crippen molar-refractivity contribution in [1.29, 1.82) is 5.26 Å². The molecule has 0 bridgehead atoms. The molecule has 0 radical (unpaired) electrons. The number of nitrogens with zero attached hydrogens (tertiary/aromatic N) is 2. The first-order valence-electron chi connectivity index (χ1n) is 6.54. The zero-order valence-corrected chi connectivity index (χ0v) is 12.2. The molecule has 1 aromatic heterocycles. The van der Waals surface area contributed by atoms with Gasteiger partial charge in [-0.3, -0.25) is 0 Å². The minimum absolute atomic E-state index is 0.225. The minimum Gasteiger partial charge on any atom is -0.330 e. The van der Waals surface area contributed by atoms with E-state index in [2.05, 4.69) is 23.2 Å². The summed E-state index contributed by atoms with van der Waals surface area (Å²) in [4.78, 5) is 4.49. The normalized spacial score (nSPS) is 11.8. The Hall–Kier alpha value is -1.83. The molecule has 1 atom stereocenters. The second-order valence-electron chi connectivity index (χ2n) is 4.51. The second kappa shape index (κ2) is 7.09. The molecular formula is C16H17N3S. The second-order valence-corrected chi connectivity index (χ2v) is 5.70. The van der Waals surface area contributed by atoms with Crippen LogP contribution in [-0.4, -0.2) is 11.5 Å². The Balaban J connectivity index is 2.29. The van der Waals surface area contributed by atoms with E-state index in [1.54, 1.807) is 11.8 Å². The fourth-order valence-electron chi connectivity index (χ4n) is 1.96. The molecule has 1 heterocycles. The number of rotatable bonds is 5. The van der Waals surface area contributed by atoms with E-state index in [1.165, 1.54) is 5.56 Å². The van der Waals surface area contributed by atoms with Crippen LogP contribution in [-0.2, 0) is 0 Å². The lowest BCUT2D eigenvalue weighted by Crippen LogP contribution is -2.05. The number of hydrogen-bond acceptors (Lipinski definition) is 4. The lowest BCUT2D eigenvalue weighted by molar-refractivity contribution is 0.811. The Kier molecular flexibility index (Phi) is 5.16. The van der Waals surface area contributed by atoms with Crippen LogP contribution in [0.2, 0.25) is 0 Å². The van der Waals surface area contributed by atoms with Crippen LogP contribution < -0.4 is 5.73 Å². The van der Waals surface area contributed by atoms with Crippen LogP contribution in [0.25, 0.3) is 0 Å². The highest BCUT2D eigenvalue weighted by Gasteiger charge is 2.15. The van der Waals surface area contributed by atoms with Gasteiger partial charge < -0.3 is 5.73 Å². The highest BCUT2D eigenvalue weighted by Crippen LogP contribution is 2.37. The van der Waals surface area contributed by atoms with Crippen molar-refractivity contribution in [3.05, 3.63) is 59.3 Å². The maximum atomic E-state index is 9.19. The lowest BCUT2D eigenvalue weighted by Gasteiger charge is -2.16. The first kappa shape index (κ1) is 14.6. The summed E-state index contributed by atoms with van der Waals surface area (Å²) < 4.78 is 0. The molecule has 0 spiro atoms. The van der Waals surface area contributed by atoms with Gasteiger partial charge in [0.15, 0.2) is 0 Å². The van der Waals surface area contributed by atoms with Gasteiger partial charge in [0.25, 0.3) is 0 Å². The molecule has 0 saturated carbocycles. The molecule has 0 unspecified atom stereocenters. The summed E-state index contributed by atoms with van der Waals surface area (Å²) in [5.74, 6) is 0. The fraction of sp³-hybridized carbons (Fsp3) is 0.250. The molecule has 1 aromatic carbocycles. The Bertz CT molecular complexity index is 605. The smallest absolute Gasteiger partial charge is 0.115 e. The molecule has 0 saturated heterocycles. The number of aromatic nitrogens is 1. The van der Waals surface area contributed by atoms with E-state index >= 15 is 0 Å². The van der Waals surface area contributed by atoms with Gasteiger partial charge in [0.1, 0.15) is 11.1 Å². The zero-order valence-electron chi connectivity index (χ0n) is 11.4. The highest BCUT2D eigenvalue weighted by atomic mass is 32.2. The Morgan fingerprint density at radius 1 is 1.25 bits per heavy atom. The summed E-state index contributed by atoms with van der Waals surface area (Å²) in [5, 5.41) is 10.2. The van der Waals surface area contributed by atoms with Crippen molar-refractivity contribution in [3.8, 4) is 6.07 Å². The molecule has 4 heteroatoms. The standard InChI is InChI=1S/C16H17N3S/c1-12-7-8-14(11-18)16(19-12)20-15(9-10-17)13-5-3-2-4-6-13/h2-8,15H,9-10,17H2,1H3/t15-/m1/s1. The molecule has 0 fully saturated rings. The topological polar surface area (TPSA) is 62.7 Å². The van der Waals surface area contributed by atoms with Crippen LogP contribution >= 0.6 is 11.8 Å². The van der Waals surface area contributed by atoms with Crippen LogP contribution in [0.1, 0.15) is 28.5 Å². The molecule has 2 N–H and O–H groups in total. The zero-order chi connectivity index (χ0) is 14.4.